The van der Waals surface area contributed by atoms with E-state index in [0.29, 0.717) is 6.42 Å². The van der Waals surface area contributed by atoms with Gasteiger partial charge in [-0.2, -0.15) is 5.10 Å². The number of rotatable bonds is 3. The van der Waals surface area contributed by atoms with Gasteiger partial charge in [-0.1, -0.05) is 13.8 Å². The van der Waals surface area contributed by atoms with Crippen molar-refractivity contribution in [1.29, 1.82) is 0 Å². The van der Waals surface area contributed by atoms with Crippen LogP contribution in [0.25, 0.3) is 0 Å². The quantitative estimate of drug-likeness (QED) is 0.601. The highest BCUT2D eigenvalue weighted by Gasteiger charge is 2.48. The van der Waals surface area contributed by atoms with Gasteiger partial charge >= 0.3 is 5.69 Å². The fourth-order valence-electron chi connectivity index (χ4n) is 2.15. The molecule has 104 valence electrons. The molecule has 19 heavy (non-hydrogen) atoms. The Labute approximate surface area is 109 Å². The van der Waals surface area contributed by atoms with Crippen LogP contribution in [-0.2, 0) is 7.05 Å². The molecule has 8 heteroatoms. The van der Waals surface area contributed by atoms with Crippen LogP contribution in [0.1, 0.15) is 30.8 Å². The molecule has 1 aliphatic rings. The Morgan fingerprint density at radius 2 is 2.32 bits per heavy atom. The number of carbonyl (C=O) groups excluding carboxylic acids is 1. The molecular formula is C11H16N4O4. The molecule has 0 bridgehead atoms. The smallest absolute Gasteiger partial charge is 0.320 e. The first-order valence-corrected chi connectivity index (χ1v) is 5.90. The first kappa shape index (κ1) is 13.5. The Hall–Kier alpha value is -1.96. The van der Waals surface area contributed by atoms with Gasteiger partial charge in [0, 0.05) is 18.5 Å². The van der Waals surface area contributed by atoms with Crippen LogP contribution in [-0.4, -0.2) is 37.9 Å². The van der Waals surface area contributed by atoms with Gasteiger partial charge in [-0.15, -0.1) is 0 Å². The lowest BCUT2D eigenvalue weighted by Crippen LogP contribution is -2.61. The van der Waals surface area contributed by atoms with Crippen LogP contribution in [0.3, 0.4) is 0 Å². The number of nitrogens with zero attached hydrogens (tertiary/aromatic N) is 3. The molecule has 0 saturated heterocycles. The van der Waals surface area contributed by atoms with Crippen molar-refractivity contribution in [2.45, 2.75) is 32.4 Å². The molecule has 2 rings (SSSR count). The van der Waals surface area contributed by atoms with E-state index in [0.717, 1.165) is 0 Å². The van der Waals surface area contributed by atoms with Crippen molar-refractivity contribution in [3.63, 3.8) is 0 Å². The number of aliphatic hydroxyl groups excluding tert-OH is 1. The molecule has 1 aromatic heterocycles. The minimum absolute atomic E-state index is 0.204. The van der Waals surface area contributed by atoms with Crippen LogP contribution in [0.4, 0.5) is 5.69 Å². The average molecular weight is 268 g/mol. The summed E-state index contributed by atoms with van der Waals surface area (Å²) in [5, 5.41) is 26.9. The highest BCUT2D eigenvalue weighted by Crippen LogP contribution is 2.40. The number of nitro groups is 1. The first-order chi connectivity index (χ1) is 8.73. The molecule has 1 aliphatic carbocycles. The second-order valence-electron chi connectivity index (χ2n) is 5.39. The molecular weight excluding hydrogens is 252 g/mol. The summed E-state index contributed by atoms with van der Waals surface area (Å²) in [5.74, 6) is -0.586. The van der Waals surface area contributed by atoms with E-state index in [-0.39, 0.29) is 17.4 Å². The zero-order chi connectivity index (χ0) is 14.4. The lowest BCUT2D eigenvalue weighted by Gasteiger charge is -2.49. The highest BCUT2D eigenvalue weighted by atomic mass is 16.6. The summed E-state index contributed by atoms with van der Waals surface area (Å²) >= 11 is 0. The summed E-state index contributed by atoms with van der Waals surface area (Å²) in [7, 11) is 1.51. The molecule has 0 spiro atoms. The number of hydrogen-bond acceptors (Lipinski definition) is 5. The van der Waals surface area contributed by atoms with Gasteiger partial charge in [0.05, 0.1) is 11.0 Å². The number of nitrogens with one attached hydrogen (secondary N) is 1. The van der Waals surface area contributed by atoms with Crippen molar-refractivity contribution in [3.05, 3.63) is 22.0 Å². The largest absolute Gasteiger partial charge is 0.392 e. The number of aliphatic hydroxyl groups is 1. The number of aromatic nitrogens is 2. The summed E-state index contributed by atoms with van der Waals surface area (Å²) < 4.78 is 1.23. The van der Waals surface area contributed by atoms with Crippen LogP contribution in [0.15, 0.2) is 6.20 Å². The maximum atomic E-state index is 12.0. The third kappa shape index (κ3) is 2.19. The molecule has 2 atom stereocenters. The van der Waals surface area contributed by atoms with Crippen LogP contribution in [0.5, 0.6) is 0 Å². The van der Waals surface area contributed by atoms with E-state index in [1.807, 2.05) is 13.8 Å². The SMILES string of the molecule is Cn1cc([N+](=O)[O-])c(C(=O)NC2CC(O)C2(C)C)n1. The second-order valence-corrected chi connectivity index (χ2v) is 5.39. The molecule has 1 amide bonds. The fourth-order valence-corrected chi connectivity index (χ4v) is 2.15. The van der Waals surface area contributed by atoms with E-state index in [9.17, 15) is 20.0 Å². The summed E-state index contributed by atoms with van der Waals surface area (Å²) in [6.45, 7) is 3.66. The maximum Gasteiger partial charge on any atom is 0.320 e. The number of hydrogen-bond donors (Lipinski definition) is 2. The molecule has 1 fully saturated rings. The topological polar surface area (TPSA) is 110 Å². The summed E-state index contributed by atoms with van der Waals surface area (Å²) in [6, 6.07) is -0.211. The first-order valence-electron chi connectivity index (χ1n) is 5.90. The lowest BCUT2D eigenvalue weighted by atomic mass is 9.64. The zero-order valence-corrected chi connectivity index (χ0v) is 11.0. The summed E-state index contributed by atoms with van der Waals surface area (Å²) in [6.07, 6.45) is 1.16. The molecule has 1 heterocycles. The lowest BCUT2D eigenvalue weighted by molar-refractivity contribution is -0.385. The van der Waals surface area contributed by atoms with E-state index < -0.39 is 22.3 Å². The van der Waals surface area contributed by atoms with Gasteiger partial charge in [0.25, 0.3) is 5.91 Å². The van der Waals surface area contributed by atoms with Crippen molar-refractivity contribution >= 4 is 11.6 Å². The number of aryl methyl sites for hydroxylation is 1. The Bertz CT molecular complexity index is 537. The van der Waals surface area contributed by atoms with Gasteiger partial charge in [-0.25, -0.2) is 0 Å². The summed E-state index contributed by atoms with van der Waals surface area (Å²) in [4.78, 5) is 22.2. The standard InChI is InChI=1S/C11H16N4O4/c1-11(2)7(4-8(11)16)12-10(17)9-6(15(18)19)5-14(3)13-9/h5,7-8,16H,4H2,1-3H3,(H,12,17). The van der Waals surface area contributed by atoms with Crippen molar-refractivity contribution in [1.82, 2.24) is 15.1 Å². The third-order valence-corrected chi connectivity index (χ3v) is 3.74. The Morgan fingerprint density at radius 3 is 2.79 bits per heavy atom. The van der Waals surface area contributed by atoms with Gasteiger partial charge in [0.15, 0.2) is 0 Å². The second kappa shape index (κ2) is 4.30. The Balaban J connectivity index is 2.15. The van der Waals surface area contributed by atoms with Gasteiger partial charge in [-0.05, 0) is 6.42 Å². The highest BCUT2D eigenvalue weighted by molar-refractivity contribution is 5.96. The van der Waals surface area contributed by atoms with E-state index >= 15 is 0 Å². The Kier molecular flexibility index (Phi) is 3.05. The predicted octanol–water partition coefficient (Wildman–Crippen LogP) is 0.217. The number of amides is 1. The zero-order valence-electron chi connectivity index (χ0n) is 11.0. The molecule has 0 aliphatic heterocycles. The summed E-state index contributed by atoms with van der Waals surface area (Å²) in [5.41, 5.74) is -0.957. The number of carbonyl (C=O) groups is 1. The van der Waals surface area contributed by atoms with Crippen LogP contribution in [0.2, 0.25) is 0 Å². The van der Waals surface area contributed by atoms with Gasteiger partial charge in [0.1, 0.15) is 6.20 Å². The molecule has 2 unspecified atom stereocenters. The monoisotopic (exact) mass is 268 g/mol. The van der Waals surface area contributed by atoms with E-state index in [1.165, 1.54) is 17.9 Å². The molecule has 0 radical (unpaired) electrons. The molecule has 1 aromatic rings. The van der Waals surface area contributed by atoms with Crippen molar-refractivity contribution in [2.75, 3.05) is 0 Å². The van der Waals surface area contributed by atoms with E-state index in [4.69, 9.17) is 0 Å². The Morgan fingerprint density at radius 1 is 1.68 bits per heavy atom. The van der Waals surface area contributed by atoms with Crippen LogP contribution < -0.4 is 5.32 Å². The van der Waals surface area contributed by atoms with Gasteiger partial charge in [-0.3, -0.25) is 19.6 Å². The predicted molar refractivity (Wildman–Crippen MR) is 65.5 cm³/mol. The molecule has 0 aromatic carbocycles. The fraction of sp³-hybridized carbons (Fsp3) is 0.636. The average Bonchev–Trinajstić information content (AvgIpc) is 2.71. The molecule has 8 nitrogen and oxygen atoms in total. The van der Waals surface area contributed by atoms with E-state index in [1.54, 1.807) is 0 Å². The van der Waals surface area contributed by atoms with Crippen molar-refractivity contribution in [3.8, 4) is 0 Å². The third-order valence-electron chi connectivity index (χ3n) is 3.74. The minimum atomic E-state index is -0.636. The minimum Gasteiger partial charge on any atom is -0.392 e. The van der Waals surface area contributed by atoms with E-state index in [2.05, 4.69) is 10.4 Å². The van der Waals surface area contributed by atoms with Crippen molar-refractivity contribution in [2.24, 2.45) is 12.5 Å². The van der Waals surface area contributed by atoms with Gasteiger partial charge in [0.2, 0.25) is 5.69 Å². The van der Waals surface area contributed by atoms with Crippen LogP contribution >= 0.6 is 0 Å². The van der Waals surface area contributed by atoms with Crippen molar-refractivity contribution < 1.29 is 14.8 Å². The molecule has 1 saturated carbocycles. The van der Waals surface area contributed by atoms with Gasteiger partial charge < -0.3 is 10.4 Å². The maximum absolute atomic E-state index is 12.0. The molecule has 2 N–H and O–H groups in total. The van der Waals surface area contributed by atoms with Crippen LogP contribution in [0, 0.1) is 15.5 Å². The normalized spacial score (nSPS) is 24.6.